The maximum Gasteiger partial charge on any atom is 0.0726 e. The molecule has 2 saturated heterocycles. The Morgan fingerprint density at radius 3 is 2.69 bits per heavy atom. The fourth-order valence-corrected chi connectivity index (χ4v) is 5.40. The topological polar surface area (TPSA) is 37.2 Å². The van der Waals surface area contributed by atoms with Gasteiger partial charge in [-0.05, 0) is 58.2 Å². The van der Waals surface area contributed by atoms with Gasteiger partial charge in [-0.25, -0.2) is 0 Å². The van der Waals surface area contributed by atoms with E-state index in [1.54, 1.807) is 0 Å². The standard InChI is InChI=1S/C24H31N5/c1-3-29-18-20(16-25-29)17-28-12-6-9-24(28)10-13-27(14-11-24)23-15-19(2)26-22-8-5-4-7-21(22)23/h4-5,7-8,15-16,18H,3,6,9-14,17H2,1-2H3. The Bertz CT molecular complexity index is 999. The lowest BCUT2D eigenvalue weighted by Gasteiger charge is -2.46. The van der Waals surface area contributed by atoms with Crippen LogP contribution in [-0.4, -0.2) is 44.8 Å². The summed E-state index contributed by atoms with van der Waals surface area (Å²) in [5, 5.41) is 5.76. The van der Waals surface area contributed by atoms with Crippen LogP contribution in [-0.2, 0) is 13.1 Å². The van der Waals surface area contributed by atoms with Crippen molar-refractivity contribution < 1.29 is 0 Å². The quantitative estimate of drug-likeness (QED) is 0.663. The lowest BCUT2D eigenvalue weighted by atomic mass is 9.84. The first kappa shape index (κ1) is 18.6. The minimum absolute atomic E-state index is 0.364. The summed E-state index contributed by atoms with van der Waals surface area (Å²) >= 11 is 0. The normalized spacial score (nSPS) is 19.4. The van der Waals surface area contributed by atoms with Gasteiger partial charge in [0.15, 0.2) is 0 Å². The molecule has 2 aliphatic heterocycles. The third-order valence-corrected chi connectivity index (χ3v) is 6.98. The second-order valence-corrected chi connectivity index (χ2v) is 8.74. The van der Waals surface area contributed by atoms with Gasteiger partial charge in [-0.15, -0.1) is 0 Å². The first-order valence-electron chi connectivity index (χ1n) is 11.0. The molecule has 0 radical (unpaired) electrons. The van der Waals surface area contributed by atoms with E-state index in [2.05, 4.69) is 71.5 Å². The Morgan fingerprint density at radius 2 is 1.90 bits per heavy atom. The number of likely N-dealkylation sites (tertiary alicyclic amines) is 1. The third kappa shape index (κ3) is 3.42. The highest BCUT2D eigenvalue weighted by Crippen LogP contribution is 2.41. The van der Waals surface area contributed by atoms with E-state index >= 15 is 0 Å². The Hall–Kier alpha value is -2.40. The van der Waals surface area contributed by atoms with Gasteiger partial charge in [0.1, 0.15) is 0 Å². The van der Waals surface area contributed by atoms with Crippen LogP contribution in [0.4, 0.5) is 5.69 Å². The molecule has 0 saturated carbocycles. The fourth-order valence-electron chi connectivity index (χ4n) is 5.40. The molecule has 3 aromatic rings. The molecular weight excluding hydrogens is 358 g/mol. The molecule has 5 nitrogen and oxygen atoms in total. The monoisotopic (exact) mass is 389 g/mol. The highest BCUT2D eigenvalue weighted by molar-refractivity contribution is 5.92. The Balaban J connectivity index is 1.34. The van der Waals surface area contributed by atoms with Crippen molar-refractivity contribution in [3.8, 4) is 0 Å². The number of aryl methyl sites for hydroxylation is 2. The number of pyridine rings is 1. The van der Waals surface area contributed by atoms with Crippen LogP contribution in [0, 0.1) is 6.92 Å². The molecule has 0 aliphatic carbocycles. The maximum atomic E-state index is 4.73. The molecule has 0 atom stereocenters. The van der Waals surface area contributed by atoms with E-state index in [1.807, 2.05) is 4.68 Å². The summed E-state index contributed by atoms with van der Waals surface area (Å²) in [7, 11) is 0. The van der Waals surface area contributed by atoms with Gasteiger partial charge in [0.05, 0.1) is 11.7 Å². The van der Waals surface area contributed by atoms with Crippen molar-refractivity contribution in [2.75, 3.05) is 24.5 Å². The molecule has 2 fully saturated rings. The fraction of sp³-hybridized carbons (Fsp3) is 0.500. The van der Waals surface area contributed by atoms with Gasteiger partial charge >= 0.3 is 0 Å². The number of benzene rings is 1. The molecule has 4 heterocycles. The highest BCUT2D eigenvalue weighted by atomic mass is 15.3. The lowest BCUT2D eigenvalue weighted by Crippen LogP contribution is -2.51. The zero-order chi connectivity index (χ0) is 19.8. The maximum absolute atomic E-state index is 4.73. The van der Waals surface area contributed by atoms with Crippen LogP contribution in [0.5, 0.6) is 0 Å². The SMILES string of the molecule is CCn1cc(CN2CCCC23CCN(c2cc(C)nc4ccccc24)CC3)cn1. The van der Waals surface area contributed by atoms with Crippen LogP contribution in [0.1, 0.15) is 43.9 Å². The van der Waals surface area contributed by atoms with E-state index in [0.717, 1.165) is 37.4 Å². The second kappa shape index (κ2) is 7.45. The lowest BCUT2D eigenvalue weighted by molar-refractivity contribution is 0.0998. The first-order chi connectivity index (χ1) is 14.2. The number of rotatable bonds is 4. The van der Waals surface area contributed by atoms with Crippen molar-refractivity contribution >= 4 is 16.6 Å². The number of piperidine rings is 1. The largest absolute Gasteiger partial charge is 0.371 e. The van der Waals surface area contributed by atoms with Crippen LogP contribution in [0.3, 0.4) is 0 Å². The number of fused-ring (bicyclic) bond motifs is 1. The number of nitrogens with zero attached hydrogens (tertiary/aromatic N) is 5. The van der Waals surface area contributed by atoms with E-state index in [1.165, 1.54) is 48.9 Å². The second-order valence-electron chi connectivity index (χ2n) is 8.74. The number of para-hydroxylation sites is 1. The average molecular weight is 390 g/mol. The molecule has 2 aliphatic rings. The van der Waals surface area contributed by atoms with Crippen LogP contribution < -0.4 is 4.90 Å². The predicted molar refractivity (Wildman–Crippen MR) is 118 cm³/mol. The van der Waals surface area contributed by atoms with Crippen molar-refractivity contribution in [2.24, 2.45) is 0 Å². The van der Waals surface area contributed by atoms with Crippen LogP contribution in [0.25, 0.3) is 10.9 Å². The van der Waals surface area contributed by atoms with Crippen molar-refractivity contribution in [1.82, 2.24) is 19.7 Å². The molecule has 0 unspecified atom stereocenters. The molecule has 1 aromatic carbocycles. The molecule has 1 spiro atoms. The van der Waals surface area contributed by atoms with Gasteiger partial charge in [0, 0.05) is 60.2 Å². The number of anilines is 1. The number of hydrogen-bond acceptors (Lipinski definition) is 4. The van der Waals surface area contributed by atoms with Crippen LogP contribution >= 0.6 is 0 Å². The minimum Gasteiger partial charge on any atom is -0.371 e. The molecular formula is C24H31N5. The Morgan fingerprint density at radius 1 is 1.07 bits per heavy atom. The zero-order valence-corrected chi connectivity index (χ0v) is 17.6. The van der Waals surface area contributed by atoms with Gasteiger partial charge in [-0.1, -0.05) is 18.2 Å². The van der Waals surface area contributed by atoms with Gasteiger partial charge in [-0.2, -0.15) is 5.10 Å². The van der Waals surface area contributed by atoms with Gasteiger partial charge in [-0.3, -0.25) is 14.6 Å². The molecule has 0 bridgehead atoms. The summed E-state index contributed by atoms with van der Waals surface area (Å²) in [6.07, 6.45) is 9.40. The third-order valence-electron chi connectivity index (χ3n) is 6.98. The Labute approximate surface area is 173 Å². The van der Waals surface area contributed by atoms with Crippen molar-refractivity contribution in [2.45, 2.75) is 58.2 Å². The van der Waals surface area contributed by atoms with E-state index in [4.69, 9.17) is 4.98 Å². The summed E-state index contributed by atoms with van der Waals surface area (Å²) in [5.74, 6) is 0. The molecule has 0 N–H and O–H groups in total. The van der Waals surface area contributed by atoms with E-state index in [9.17, 15) is 0 Å². The van der Waals surface area contributed by atoms with Gasteiger partial charge in [0.2, 0.25) is 0 Å². The molecule has 152 valence electrons. The van der Waals surface area contributed by atoms with Gasteiger partial charge in [0.25, 0.3) is 0 Å². The minimum atomic E-state index is 0.364. The number of aromatic nitrogens is 3. The molecule has 2 aromatic heterocycles. The Kier molecular flexibility index (Phi) is 4.78. The summed E-state index contributed by atoms with van der Waals surface area (Å²) in [6, 6.07) is 10.8. The zero-order valence-electron chi connectivity index (χ0n) is 17.6. The summed E-state index contributed by atoms with van der Waals surface area (Å²) < 4.78 is 2.04. The molecule has 5 rings (SSSR count). The van der Waals surface area contributed by atoms with E-state index in [-0.39, 0.29) is 0 Å². The van der Waals surface area contributed by atoms with Crippen LogP contribution in [0.15, 0.2) is 42.7 Å². The average Bonchev–Trinajstić information content (AvgIpc) is 3.35. The van der Waals surface area contributed by atoms with Gasteiger partial charge < -0.3 is 4.90 Å². The predicted octanol–water partition coefficient (Wildman–Crippen LogP) is 4.39. The highest BCUT2D eigenvalue weighted by Gasteiger charge is 2.43. The van der Waals surface area contributed by atoms with Crippen molar-refractivity contribution in [3.05, 3.63) is 54.0 Å². The van der Waals surface area contributed by atoms with E-state index in [0.29, 0.717) is 5.54 Å². The first-order valence-corrected chi connectivity index (χ1v) is 11.0. The smallest absolute Gasteiger partial charge is 0.0726 e. The molecule has 29 heavy (non-hydrogen) atoms. The molecule has 0 amide bonds. The molecule has 5 heteroatoms. The number of hydrogen-bond donors (Lipinski definition) is 0. The van der Waals surface area contributed by atoms with E-state index < -0.39 is 0 Å². The van der Waals surface area contributed by atoms with Crippen LogP contribution in [0.2, 0.25) is 0 Å². The summed E-state index contributed by atoms with van der Waals surface area (Å²) in [6.45, 7) is 9.70. The van der Waals surface area contributed by atoms with Crippen molar-refractivity contribution in [3.63, 3.8) is 0 Å². The summed E-state index contributed by atoms with van der Waals surface area (Å²) in [4.78, 5) is 10.1. The van der Waals surface area contributed by atoms with Crippen molar-refractivity contribution in [1.29, 1.82) is 0 Å². The summed E-state index contributed by atoms with van der Waals surface area (Å²) in [5.41, 5.74) is 5.29.